The van der Waals surface area contributed by atoms with E-state index in [1.807, 2.05) is 4.90 Å². The van der Waals surface area contributed by atoms with Gasteiger partial charge in [-0.3, -0.25) is 9.59 Å². The number of carbonyl (C=O) groups is 1. The Morgan fingerprint density at radius 1 is 1.26 bits per heavy atom. The minimum atomic E-state index is -4.90. The number of piperidine rings is 1. The molecule has 2 aromatic rings. The van der Waals surface area contributed by atoms with E-state index in [2.05, 4.69) is 5.32 Å². The van der Waals surface area contributed by atoms with Crippen LogP contribution in [0.15, 0.2) is 29.1 Å². The highest BCUT2D eigenvalue weighted by Crippen LogP contribution is 2.34. The Labute approximate surface area is 203 Å². The van der Waals surface area contributed by atoms with Crippen LogP contribution in [-0.2, 0) is 6.18 Å². The van der Waals surface area contributed by atoms with E-state index in [1.165, 1.54) is 0 Å². The fourth-order valence-electron chi connectivity index (χ4n) is 3.67. The lowest BCUT2D eigenvalue weighted by Gasteiger charge is -2.33. The zero-order valence-electron chi connectivity index (χ0n) is 18.2. The highest BCUT2D eigenvalue weighted by atomic mass is 35.5. The monoisotopic (exact) mass is 521 g/mol. The number of aliphatic hydroxyl groups excluding tert-OH is 1. The first-order valence-corrected chi connectivity index (χ1v) is 11.3. The average Bonchev–Trinajstić information content (AvgIpc) is 2.78. The number of aromatic amines is 1. The van der Waals surface area contributed by atoms with Gasteiger partial charge in [0.2, 0.25) is 5.56 Å². The number of alkyl halides is 3. The Kier molecular flexibility index (Phi) is 8.51. The van der Waals surface area contributed by atoms with Crippen LogP contribution in [0.4, 0.5) is 13.2 Å². The van der Waals surface area contributed by atoms with Crippen molar-refractivity contribution in [1.82, 2.24) is 15.2 Å². The second kappa shape index (κ2) is 11.0. The van der Waals surface area contributed by atoms with Crippen LogP contribution in [0.1, 0.15) is 34.5 Å². The van der Waals surface area contributed by atoms with Gasteiger partial charge in [0, 0.05) is 37.3 Å². The molecule has 1 atom stereocenters. The number of benzene rings is 1. The molecule has 3 N–H and O–H groups in total. The molecule has 186 valence electrons. The van der Waals surface area contributed by atoms with Gasteiger partial charge in [-0.05, 0) is 43.5 Å². The second-order valence-electron chi connectivity index (χ2n) is 8.08. The largest absolute Gasteiger partial charge is 0.489 e. The summed E-state index contributed by atoms with van der Waals surface area (Å²) in [5.74, 6) is -0.477. The van der Waals surface area contributed by atoms with Crippen molar-refractivity contribution in [3.05, 3.63) is 61.5 Å². The van der Waals surface area contributed by atoms with Crippen LogP contribution in [0, 0.1) is 6.92 Å². The summed E-state index contributed by atoms with van der Waals surface area (Å²) in [6.45, 7) is 3.04. The number of carbonyl (C=O) groups excluding carboxylic acids is 1. The van der Waals surface area contributed by atoms with Gasteiger partial charge < -0.3 is 25.0 Å². The molecule has 1 amide bonds. The Morgan fingerprint density at radius 2 is 1.94 bits per heavy atom. The number of hydrogen-bond acceptors (Lipinski definition) is 5. The third kappa shape index (κ3) is 6.65. The van der Waals surface area contributed by atoms with Gasteiger partial charge in [-0.15, -0.1) is 0 Å². The number of aromatic nitrogens is 1. The quantitative estimate of drug-likeness (QED) is 0.517. The van der Waals surface area contributed by atoms with E-state index in [0.717, 1.165) is 17.7 Å². The molecule has 7 nitrogen and oxygen atoms in total. The number of ether oxygens (including phenoxy) is 1. The van der Waals surface area contributed by atoms with Gasteiger partial charge in [-0.1, -0.05) is 23.2 Å². The lowest BCUT2D eigenvalue weighted by Crippen LogP contribution is -2.45. The van der Waals surface area contributed by atoms with E-state index in [1.54, 1.807) is 24.0 Å². The molecular formula is C22H24Cl2F3N3O4. The van der Waals surface area contributed by atoms with Gasteiger partial charge in [-0.2, -0.15) is 13.2 Å². The molecule has 2 heterocycles. The number of aliphatic hydroxyl groups is 1. The normalized spacial score (nSPS) is 16.3. The van der Waals surface area contributed by atoms with Crippen molar-refractivity contribution < 1.29 is 27.8 Å². The summed E-state index contributed by atoms with van der Waals surface area (Å²) in [6.07, 6.45) is -4.58. The Morgan fingerprint density at radius 3 is 2.59 bits per heavy atom. The molecule has 1 aliphatic rings. The summed E-state index contributed by atoms with van der Waals surface area (Å²) in [4.78, 5) is 27.1. The fraction of sp³-hybridized carbons (Fsp3) is 0.455. The molecular weight excluding hydrogens is 498 g/mol. The van der Waals surface area contributed by atoms with E-state index in [9.17, 15) is 27.9 Å². The first-order valence-electron chi connectivity index (χ1n) is 10.6. The lowest BCUT2D eigenvalue weighted by molar-refractivity contribution is -0.141. The minimum absolute atomic E-state index is 0.0628. The van der Waals surface area contributed by atoms with Crippen LogP contribution in [0.25, 0.3) is 0 Å². The first-order chi connectivity index (χ1) is 16.0. The number of likely N-dealkylation sites (tertiary alicyclic amines) is 1. The standard InChI is InChI=1S/C22H24Cl2F3N3O4/c1-12-16(23)3-4-17(19(12)24)34-14-6-8-30(9-7-14)11-13(31)10-28-21(33)15-2-5-18(32)29-20(15)22(25,26)27/h2-5,13-14,31H,6-11H2,1H3,(H,28,33)(H,29,32)/t13-/m1/s1. The Hall–Kier alpha value is -2.27. The molecule has 0 aliphatic carbocycles. The number of rotatable bonds is 7. The number of amides is 1. The zero-order chi connectivity index (χ0) is 25.0. The van der Waals surface area contributed by atoms with Gasteiger partial charge in [0.05, 0.1) is 16.7 Å². The van der Waals surface area contributed by atoms with Crippen LogP contribution in [-0.4, -0.2) is 59.3 Å². The third-order valence-corrected chi connectivity index (χ3v) is 6.41. The smallest absolute Gasteiger partial charge is 0.432 e. The molecule has 3 rings (SSSR count). The molecule has 12 heteroatoms. The maximum absolute atomic E-state index is 13.1. The number of halogens is 5. The molecule has 0 unspecified atom stereocenters. The number of hydrogen-bond donors (Lipinski definition) is 3. The second-order valence-corrected chi connectivity index (χ2v) is 8.86. The van der Waals surface area contributed by atoms with Crippen LogP contribution >= 0.6 is 23.2 Å². The van der Waals surface area contributed by atoms with Gasteiger partial charge >= 0.3 is 6.18 Å². The molecule has 1 aliphatic heterocycles. The van der Waals surface area contributed by atoms with Gasteiger partial charge in [0.15, 0.2) is 0 Å². The highest BCUT2D eigenvalue weighted by Gasteiger charge is 2.36. The summed E-state index contributed by atoms with van der Waals surface area (Å²) in [5.41, 5.74) is -2.36. The number of pyridine rings is 1. The first kappa shape index (κ1) is 26.3. The Balaban J connectivity index is 1.47. The van der Waals surface area contributed by atoms with Crippen molar-refractivity contribution in [2.45, 2.75) is 38.1 Å². The van der Waals surface area contributed by atoms with Crippen LogP contribution < -0.4 is 15.6 Å². The third-order valence-electron chi connectivity index (χ3n) is 5.53. The van der Waals surface area contributed by atoms with Crippen molar-refractivity contribution >= 4 is 29.1 Å². The van der Waals surface area contributed by atoms with Gasteiger partial charge in [0.25, 0.3) is 5.91 Å². The van der Waals surface area contributed by atoms with Crippen LogP contribution in [0.5, 0.6) is 5.75 Å². The predicted octanol–water partition coefficient (Wildman–Crippen LogP) is 3.64. The van der Waals surface area contributed by atoms with E-state index >= 15 is 0 Å². The van der Waals surface area contributed by atoms with Crippen molar-refractivity contribution in [1.29, 1.82) is 0 Å². The zero-order valence-corrected chi connectivity index (χ0v) is 19.7. The summed E-state index contributed by atoms with van der Waals surface area (Å²) in [5, 5.41) is 13.6. The van der Waals surface area contributed by atoms with E-state index in [-0.39, 0.29) is 19.2 Å². The van der Waals surface area contributed by atoms with E-state index < -0.39 is 35.0 Å². The fourth-order valence-corrected chi connectivity index (χ4v) is 4.09. The van der Waals surface area contributed by atoms with Gasteiger partial charge in [0.1, 0.15) is 17.5 Å². The SMILES string of the molecule is Cc1c(Cl)ccc(OC2CCN(C[C@H](O)CNC(=O)c3ccc(=O)[nH]c3C(F)(F)F)CC2)c1Cl. The topological polar surface area (TPSA) is 94.7 Å². The number of β-amino-alcohol motifs (C(OH)–C–C–N with tert-alkyl or cyclic N) is 1. The molecule has 0 saturated carbocycles. The minimum Gasteiger partial charge on any atom is -0.489 e. The highest BCUT2D eigenvalue weighted by molar-refractivity contribution is 6.36. The molecule has 1 saturated heterocycles. The van der Waals surface area contributed by atoms with Crippen molar-refractivity contribution in [3.63, 3.8) is 0 Å². The van der Waals surface area contributed by atoms with Crippen LogP contribution in [0.3, 0.4) is 0 Å². The van der Waals surface area contributed by atoms with Crippen molar-refractivity contribution in [3.8, 4) is 5.75 Å². The van der Waals surface area contributed by atoms with Crippen LogP contribution in [0.2, 0.25) is 10.0 Å². The number of nitrogens with zero attached hydrogens (tertiary/aromatic N) is 1. The van der Waals surface area contributed by atoms with Crippen molar-refractivity contribution in [2.75, 3.05) is 26.2 Å². The number of nitrogens with one attached hydrogen (secondary N) is 2. The van der Waals surface area contributed by atoms with E-state index in [0.29, 0.717) is 41.7 Å². The maximum Gasteiger partial charge on any atom is 0.432 e. The molecule has 0 radical (unpaired) electrons. The average molecular weight is 522 g/mol. The molecule has 0 bridgehead atoms. The summed E-state index contributed by atoms with van der Waals surface area (Å²) >= 11 is 12.3. The van der Waals surface area contributed by atoms with Gasteiger partial charge in [-0.25, -0.2) is 0 Å². The number of H-pyrrole nitrogens is 1. The Bertz CT molecular complexity index is 1090. The summed E-state index contributed by atoms with van der Waals surface area (Å²) in [6, 6.07) is 5.10. The maximum atomic E-state index is 13.1. The molecule has 1 fully saturated rings. The summed E-state index contributed by atoms with van der Waals surface area (Å²) < 4.78 is 45.3. The molecule has 1 aromatic heterocycles. The molecule has 34 heavy (non-hydrogen) atoms. The summed E-state index contributed by atoms with van der Waals surface area (Å²) in [7, 11) is 0. The lowest BCUT2D eigenvalue weighted by atomic mass is 10.1. The van der Waals surface area contributed by atoms with Crippen molar-refractivity contribution in [2.24, 2.45) is 0 Å². The molecule has 0 spiro atoms. The van der Waals surface area contributed by atoms with E-state index in [4.69, 9.17) is 27.9 Å². The predicted molar refractivity (Wildman–Crippen MR) is 122 cm³/mol. The molecule has 1 aromatic carbocycles.